The van der Waals surface area contributed by atoms with Crippen molar-refractivity contribution >= 4 is 34.8 Å². The fraction of sp³-hybridized carbons (Fsp3) is 0.143. The Morgan fingerprint density at radius 3 is 2.62 bits per heavy atom. The first-order valence-electron chi connectivity index (χ1n) is 5.93. The molecule has 1 heterocycles. The van der Waals surface area contributed by atoms with E-state index in [0.29, 0.717) is 11.3 Å². The highest BCUT2D eigenvalue weighted by Crippen LogP contribution is 2.29. The van der Waals surface area contributed by atoms with Crippen LogP contribution in [0.25, 0.3) is 0 Å². The summed E-state index contributed by atoms with van der Waals surface area (Å²) in [5.74, 6) is -0.266. The predicted octanol–water partition coefficient (Wildman–Crippen LogP) is 3.66. The first-order chi connectivity index (χ1) is 9.92. The monoisotopic (exact) mass is 326 g/mol. The number of aromatic nitrogens is 1. The van der Waals surface area contributed by atoms with Crippen molar-refractivity contribution in [1.82, 2.24) is 4.98 Å². The van der Waals surface area contributed by atoms with Gasteiger partial charge in [0.2, 0.25) is 0 Å². The number of nitrogens with zero attached hydrogens (tertiary/aromatic N) is 1. The third-order valence-electron chi connectivity index (χ3n) is 2.82. The maximum Gasteiger partial charge on any atom is 0.255 e. The van der Waals surface area contributed by atoms with E-state index in [4.69, 9.17) is 27.9 Å². The molecule has 0 unspecified atom stereocenters. The molecule has 0 saturated heterocycles. The van der Waals surface area contributed by atoms with E-state index in [2.05, 4.69) is 10.3 Å². The number of phenolic OH excluding ortho intramolecular Hbond substituents is 1. The highest BCUT2D eigenvalue weighted by atomic mass is 35.5. The van der Waals surface area contributed by atoms with Crippen molar-refractivity contribution in [2.24, 2.45) is 0 Å². The molecule has 2 aromatic rings. The number of methoxy groups -OCH3 is 1. The Bertz CT molecular complexity index is 682. The van der Waals surface area contributed by atoms with Gasteiger partial charge in [0.1, 0.15) is 5.15 Å². The van der Waals surface area contributed by atoms with Crippen molar-refractivity contribution in [3.8, 4) is 11.5 Å². The van der Waals surface area contributed by atoms with Gasteiger partial charge in [0.15, 0.2) is 16.7 Å². The lowest BCUT2D eigenvalue weighted by Gasteiger charge is -2.11. The number of hydrogen-bond acceptors (Lipinski definition) is 4. The van der Waals surface area contributed by atoms with Crippen LogP contribution >= 0.6 is 23.2 Å². The zero-order valence-electron chi connectivity index (χ0n) is 11.3. The highest BCUT2D eigenvalue weighted by Gasteiger charge is 2.14. The molecule has 0 atom stereocenters. The number of aryl methyl sites for hydroxylation is 1. The van der Waals surface area contributed by atoms with Crippen LogP contribution < -0.4 is 10.1 Å². The summed E-state index contributed by atoms with van der Waals surface area (Å²) in [5.41, 5.74) is 1.33. The second-order valence-electron chi connectivity index (χ2n) is 4.27. The molecule has 1 aromatic carbocycles. The van der Waals surface area contributed by atoms with Crippen molar-refractivity contribution in [1.29, 1.82) is 0 Å². The number of rotatable bonds is 3. The third-order valence-corrected chi connectivity index (χ3v) is 3.29. The topological polar surface area (TPSA) is 71.5 Å². The van der Waals surface area contributed by atoms with E-state index >= 15 is 0 Å². The number of phenols is 1. The summed E-state index contributed by atoms with van der Waals surface area (Å²) in [6.07, 6.45) is 0. The Morgan fingerprint density at radius 2 is 2.05 bits per heavy atom. The van der Waals surface area contributed by atoms with Crippen LogP contribution in [0.3, 0.4) is 0 Å². The smallest absolute Gasteiger partial charge is 0.255 e. The molecule has 110 valence electrons. The maximum atomic E-state index is 12.2. The molecule has 0 fully saturated rings. The Labute approximate surface area is 131 Å². The molecule has 1 amide bonds. The molecule has 1 aromatic heterocycles. The number of aromatic hydroxyl groups is 1. The van der Waals surface area contributed by atoms with Crippen molar-refractivity contribution in [3.63, 3.8) is 0 Å². The first-order valence-corrected chi connectivity index (χ1v) is 6.69. The van der Waals surface area contributed by atoms with Crippen LogP contribution in [-0.2, 0) is 0 Å². The molecular weight excluding hydrogens is 315 g/mol. The minimum Gasteiger partial charge on any atom is -0.504 e. The maximum absolute atomic E-state index is 12.2. The quantitative estimate of drug-likeness (QED) is 0.844. The van der Waals surface area contributed by atoms with Gasteiger partial charge in [-0.1, -0.05) is 23.2 Å². The fourth-order valence-corrected chi connectivity index (χ4v) is 2.34. The van der Waals surface area contributed by atoms with E-state index in [1.807, 2.05) is 0 Å². The number of halogens is 2. The number of anilines is 1. The van der Waals surface area contributed by atoms with Gasteiger partial charge in [0.05, 0.1) is 12.8 Å². The Kier molecular flexibility index (Phi) is 4.55. The van der Waals surface area contributed by atoms with Crippen LogP contribution in [0.4, 0.5) is 5.69 Å². The van der Waals surface area contributed by atoms with E-state index in [1.165, 1.54) is 25.3 Å². The summed E-state index contributed by atoms with van der Waals surface area (Å²) in [5, 5.41) is 12.7. The van der Waals surface area contributed by atoms with E-state index in [1.54, 1.807) is 13.0 Å². The van der Waals surface area contributed by atoms with Crippen LogP contribution in [0.2, 0.25) is 10.3 Å². The molecule has 21 heavy (non-hydrogen) atoms. The van der Waals surface area contributed by atoms with Gasteiger partial charge in [-0.15, -0.1) is 0 Å². The molecule has 2 N–H and O–H groups in total. The van der Waals surface area contributed by atoms with Crippen molar-refractivity contribution in [2.45, 2.75) is 6.92 Å². The van der Waals surface area contributed by atoms with Gasteiger partial charge >= 0.3 is 0 Å². The number of ether oxygens (including phenoxy) is 1. The normalized spacial score (nSPS) is 10.3. The van der Waals surface area contributed by atoms with Gasteiger partial charge in [-0.3, -0.25) is 4.79 Å². The van der Waals surface area contributed by atoms with E-state index in [0.717, 1.165) is 0 Å². The largest absolute Gasteiger partial charge is 0.504 e. The fourth-order valence-electron chi connectivity index (χ4n) is 1.76. The number of nitrogens with one attached hydrogen (secondary N) is 1. The number of carbonyl (C=O) groups is 1. The average Bonchev–Trinajstić information content (AvgIpc) is 2.42. The van der Waals surface area contributed by atoms with E-state index in [9.17, 15) is 9.90 Å². The van der Waals surface area contributed by atoms with Crippen LogP contribution in [-0.4, -0.2) is 23.1 Å². The van der Waals surface area contributed by atoms with Crippen molar-refractivity contribution in [2.75, 3.05) is 12.4 Å². The van der Waals surface area contributed by atoms with Crippen LogP contribution in [0, 0.1) is 6.92 Å². The Balaban J connectivity index is 2.28. The molecule has 0 spiro atoms. The van der Waals surface area contributed by atoms with Crippen LogP contribution in [0.5, 0.6) is 11.5 Å². The molecule has 2 rings (SSSR count). The first kappa shape index (κ1) is 15.4. The molecular formula is C14H12Cl2N2O3. The van der Waals surface area contributed by atoms with Gasteiger partial charge in [-0.05, 0) is 36.8 Å². The molecule has 0 aliphatic carbocycles. The minimum absolute atomic E-state index is 0.103. The molecule has 0 aliphatic rings. The van der Waals surface area contributed by atoms with Crippen LogP contribution in [0.15, 0.2) is 24.3 Å². The Hall–Kier alpha value is -1.98. The average molecular weight is 327 g/mol. The van der Waals surface area contributed by atoms with Crippen molar-refractivity contribution in [3.05, 3.63) is 45.7 Å². The second kappa shape index (κ2) is 6.20. The number of hydrogen-bond donors (Lipinski definition) is 2. The van der Waals surface area contributed by atoms with E-state index in [-0.39, 0.29) is 27.4 Å². The number of benzene rings is 1. The van der Waals surface area contributed by atoms with Gasteiger partial charge < -0.3 is 15.2 Å². The molecule has 0 saturated carbocycles. The molecule has 0 radical (unpaired) electrons. The SMILES string of the molecule is COc1ccc(C(=O)Nc2c(C)cc(Cl)nc2Cl)cc1O. The summed E-state index contributed by atoms with van der Waals surface area (Å²) in [4.78, 5) is 16.0. The Morgan fingerprint density at radius 1 is 1.33 bits per heavy atom. The van der Waals surface area contributed by atoms with Crippen LogP contribution in [0.1, 0.15) is 15.9 Å². The molecule has 7 heteroatoms. The second-order valence-corrected chi connectivity index (χ2v) is 5.01. The lowest BCUT2D eigenvalue weighted by molar-refractivity contribution is 0.102. The number of pyridine rings is 1. The van der Waals surface area contributed by atoms with Gasteiger partial charge in [0, 0.05) is 5.56 Å². The zero-order chi connectivity index (χ0) is 15.6. The number of amides is 1. The predicted molar refractivity (Wildman–Crippen MR) is 81.6 cm³/mol. The summed E-state index contributed by atoms with van der Waals surface area (Å²) in [6, 6.07) is 5.93. The lowest BCUT2D eigenvalue weighted by Crippen LogP contribution is -2.13. The standard InChI is InChI=1S/C14H12Cl2N2O3/c1-7-5-11(15)17-13(16)12(7)18-14(20)8-3-4-10(21-2)9(19)6-8/h3-6,19H,1-2H3,(H,18,20). The summed E-state index contributed by atoms with van der Waals surface area (Å²) in [7, 11) is 1.43. The highest BCUT2D eigenvalue weighted by molar-refractivity contribution is 6.35. The molecule has 0 bridgehead atoms. The van der Waals surface area contributed by atoms with E-state index < -0.39 is 5.91 Å². The molecule has 0 aliphatic heterocycles. The zero-order valence-corrected chi connectivity index (χ0v) is 12.8. The van der Waals surface area contributed by atoms with Crippen molar-refractivity contribution < 1.29 is 14.6 Å². The summed E-state index contributed by atoms with van der Waals surface area (Å²) < 4.78 is 4.92. The molecule has 5 nitrogen and oxygen atoms in total. The van der Waals surface area contributed by atoms with Gasteiger partial charge in [0.25, 0.3) is 5.91 Å². The van der Waals surface area contributed by atoms with Gasteiger partial charge in [-0.2, -0.15) is 0 Å². The third kappa shape index (κ3) is 3.37. The summed E-state index contributed by atoms with van der Waals surface area (Å²) >= 11 is 11.7. The number of carbonyl (C=O) groups excluding carboxylic acids is 1. The van der Waals surface area contributed by atoms with Gasteiger partial charge in [-0.25, -0.2) is 4.98 Å². The lowest BCUT2D eigenvalue weighted by atomic mass is 10.1. The minimum atomic E-state index is -0.429. The summed E-state index contributed by atoms with van der Waals surface area (Å²) in [6.45, 7) is 1.75.